The van der Waals surface area contributed by atoms with Gasteiger partial charge in [0.25, 0.3) is 0 Å². The van der Waals surface area contributed by atoms with Crippen LogP contribution in [0.2, 0.25) is 0 Å². The number of nitrogens with zero attached hydrogens (tertiary/aromatic N) is 2. The van der Waals surface area contributed by atoms with Gasteiger partial charge in [-0.15, -0.1) is 0 Å². The molecule has 0 radical (unpaired) electrons. The summed E-state index contributed by atoms with van der Waals surface area (Å²) in [6.07, 6.45) is 1.13. The van der Waals surface area contributed by atoms with Crippen LogP contribution in [0.1, 0.15) is 38.4 Å². The van der Waals surface area contributed by atoms with E-state index in [-0.39, 0.29) is 0 Å². The first kappa shape index (κ1) is 13.0. The molecule has 90 valence electrons. The van der Waals surface area contributed by atoms with Gasteiger partial charge in [0.2, 0.25) is 0 Å². The summed E-state index contributed by atoms with van der Waals surface area (Å²) in [5.74, 6) is 1.05. The molecule has 0 atom stereocenters. The molecule has 1 rings (SSSR count). The van der Waals surface area contributed by atoms with Crippen molar-refractivity contribution in [1.29, 1.82) is 0 Å². The molecule has 0 saturated carbocycles. The fourth-order valence-corrected chi connectivity index (χ4v) is 1.86. The van der Waals surface area contributed by atoms with Gasteiger partial charge in [-0.3, -0.25) is 0 Å². The van der Waals surface area contributed by atoms with E-state index in [1.165, 1.54) is 0 Å². The number of hydrogen-bond acceptors (Lipinski definition) is 3. The molecule has 0 spiro atoms. The third kappa shape index (κ3) is 3.20. The van der Waals surface area contributed by atoms with Crippen molar-refractivity contribution in [3.05, 3.63) is 23.4 Å². The third-order valence-corrected chi connectivity index (χ3v) is 2.62. The van der Waals surface area contributed by atoms with Crippen molar-refractivity contribution in [2.24, 2.45) is 5.73 Å². The van der Waals surface area contributed by atoms with Crippen molar-refractivity contribution < 1.29 is 0 Å². The van der Waals surface area contributed by atoms with Crippen LogP contribution in [0.25, 0.3) is 0 Å². The smallest absolute Gasteiger partial charge is 0.129 e. The maximum absolute atomic E-state index is 5.69. The minimum atomic E-state index is 0.472. The Hall–Kier alpha value is -1.09. The number of pyridine rings is 1. The summed E-state index contributed by atoms with van der Waals surface area (Å²) in [6, 6.07) is 4.62. The molecular formula is C13H23N3. The summed E-state index contributed by atoms with van der Waals surface area (Å²) in [4.78, 5) is 6.92. The minimum absolute atomic E-state index is 0.472. The fraction of sp³-hybridized carbons (Fsp3) is 0.615. The molecule has 0 aliphatic carbocycles. The summed E-state index contributed by atoms with van der Waals surface area (Å²) in [5.41, 5.74) is 7.89. The van der Waals surface area contributed by atoms with Crippen LogP contribution in [0.15, 0.2) is 12.1 Å². The molecule has 0 aliphatic heterocycles. The highest BCUT2D eigenvalue weighted by Gasteiger charge is 2.11. The average Bonchev–Trinajstić information content (AvgIpc) is 2.24. The van der Waals surface area contributed by atoms with Gasteiger partial charge in [0.15, 0.2) is 0 Å². The Morgan fingerprint density at radius 3 is 2.56 bits per heavy atom. The Labute approximate surface area is 98.7 Å². The zero-order valence-corrected chi connectivity index (χ0v) is 10.8. The first-order valence-electron chi connectivity index (χ1n) is 6.02. The van der Waals surface area contributed by atoms with E-state index in [0.29, 0.717) is 12.6 Å². The lowest BCUT2D eigenvalue weighted by Gasteiger charge is -2.28. The van der Waals surface area contributed by atoms with E-state index in [1.807, 2.05) is 13.0 Å². The van der Waals surface area contributed by atoms with Gasteiger partial charge in [-0.05, 0) is 44.9 Å². The molecule has 0 unspecified atom stereocenters. The predicted octanol–water partition coefficient (Wildman–Crippen LogP) is 2.47. The van der Waals surface area contributed by atoms with E-state index in [1.54, 1.807) is 0 Å². The Bertz CT molecular complexity index is 334. The molecule has 0 aromatic carbocycles. The van der Waals surface area contributed by atoms with Gasteiger partial charge < -0.3 is 10.6 Å². The van der Waals surface area contributed by atoms with Gasteiger partial charge in [0.1, 0.15) is 5.82 Å². The normalized spacial score (nSPS) is 10.9. The number of hydrogen-bond donors (Lipinski definition) is 1. The standard InChI is InChI=1S/C13H23N3/c1-5-6-16(10(2)3)13-8-12(9-14)7-11(4)15-13/h7-8,10H,5-6,9,14H2,1-4H3. The Kier molecular flexibility index (Phi) is 4.74. The molecule has 2 N–H and O–H groups in total. The van der Waals surface area contributed by atoms with Crippen molar-refractivity contribution in [2.45, 2.75) is 46.7 Å². The SMILES string of the molecule is CCCN(c1cc(CN)cc(C)n1)C(C)C. The zero-order valence-electron chi connectivity index (χ0n) is 10.8. The van der Waals surface area contributed by atoms with Crippen molar-refractivity contribution in [2.75, 3.05) is 11.4 Å². The number of rotatable bonds is 5. The van der Waals surface area contributed by atoms with E-state index in [2.05, 4.69) is 36.7 Å². The molecule has 1 aromatic rings. The van der Waals surface area contributed by atoms with Gasteiger partial charge in [-0.1, -0.05) is 6.92 Å². The van der Waals surface area contributed by atoms with Crippen LogP contribution in [0.5, 0.6) is 0 Å². The quantitative estimate of drug-likeness (QED) is 0.830. The van der Waals surface area contributed by atoms with Crippen molar-refractivity contribution in [3.63, 3.8) is 0 Å². The Morgan fingerprint density at radius 2 is 2.06 bits per heavy atom. The van der Waals surface area contributed by atoms with Crippen LogP contribution in [-0.4, -0.2) is 17.6 Å². The zero-order chi connectivity index (χ0) is 12.1. The number of aryl methyl sites for hydroxylation is 1. The lowest BCUT2D eigenvalue weighted by molar-refractivity contribution is 0.660. The van der Waals surface area contributed by atoms with Gasteiger partial charge in [-0.2, -0.15) is 0 Å². The summed E-state index contributed by atoms with van der Waals surface area (Å²) in [7, 11) is 0. The molecular weight excluding hydrogens is 198 g/mol. The van der Waals surface area contributed by atoms with Crippen molar-refractivity contribution in [3.8, 4) is 0 Å². The maximum Gasteiger partial charge on any atom is 0.129 e. The monoisotopic (exact) mass is 221 g/mol. The number of nitrogens with two attached hydrogens (primary N) is 1. The van der Waals surface area contributed by atoms with E-state index in [9.17, 15) is 0 Å². The molecule has 3 nitrogen and oxygen atoms in total. The number of aromatic nitrogens is 1. The molecule has 3 heteroatoms. The van der Waals surface area contributed by atoms with Crippen LogP contribution >= 0.6 is 0 Å². The largest absolute Gasteiger partial charge is 0.354 e. The van der Waals surface area contributed by atoms with Gasteiger partial charge >= 0.3 is 0 Å². The second-order valence-corrected chi connectivity index (χ2v) is 4.47. The van der Waals surface area contributed by atoms with Crippen LogP contribution < -0.4 is 10.6 Å². The van der Waals surface area contributed by atoms with Crippen LogP contribution in [0.3, 0.4) is 0 Å². The van der Waals surface area contributed by atoms with Gasteiger partial charge in [0.05, 0.1) is 0 Å². The highest BCUT2D eigenvalue weighted by Crippen LogP contribution is 2.17. The molecule has 0 fully saturated rings. The van der Waals surface area contributed by atoms with E-state index >= 15 is 0 Å². The highest BCUT2D eigenvalue weighted by molar-refractivity contribution is 5.43. The second-order valence-electron chi connectivity index (χ2n) is 4.47. The molecule has 0 saturated heterocycles. The lowest BCUT2D eigenvalue weighted by atomic mass is 10.2. The van der Waals surface area contributed by atoms with E-state index in [4.69, 9.17) is 5.73 Å². The van der Waals surface area contributed by atoms with Crippen molar-refractivity contribution in [1.82, 2.24) is 4.98 Å². The lowest BCUT2D eigenvalue weighted by Crippen LogP contribution is -2.32. The molecule has 1 heterocycles. The van der Waals surface area contributed by atoms with Crippen LogP contribution in [0.4, 0.5) is 5.82 Å². The van der Waals surface area contributed by atoms with Crippen LogP contribution in [0, 0.1) is 6.92 Å². The first-order chi connectivity index (χ1) is 7.58. The fourth-order valence-electron chi connectivity index (χ4n) is 1.86. The van der Waals surface area contributed by atoms with E-state index < -0.39 is 0 Å². The maximum atomic E-state index is 5.69. The molecule has 0 bridgehead atoms. The summed E-state index contributed by atoms with van der Waals surface area (Å²) in [6.45, 7) is 10.2. The average molecular weight is 221 g/mol. The first-order valence-corrected chi connectivity index (χ1v) is 6.02. The molecule has 0 amide bonds. The summed E-state index contributed by atoms with van der Waals surface area (Å²) >= 11 is 0. The topological polar surface area (TPSA) is 42.1 Å². The highest BCUT2D eigenvalue weighted by atomic mass is 15.2. The number of anilines is 1. The Morgan fingerprint density at radius 1 is 1.38 bits per heavy atom. The van der Waals surface area contributed by atoms with Crippen LogP contribution in [-0.2, 0) is 6.54 Å². The third-order valence-electron chi connectivity index (χ3n) is 2.62. The summed E-state index contributed by atoms with van der Waals surface area (Å²) < 4.78 is 0. The Balaban J connectivity index is 3.03. The minimum Gasteiger partial charge on any atom is -0.354 e. The second kappa shape index (κ2) is 5.85. The predicted molar refractivity (Wildman–Crippen MR) is 69.6 cm³/mol. The van der Waals surface area contributed by atoms with E-state index in [0.717, 1.165) is 30.0 Å². The molecule has 0 aliphatic rings. The summed E-state index contributed by atoms with van der Waals surface area (Å²) in [5, 5.41) is 0. The molecule has 1 aromatic heterocycles. The molecule has 16 heavy (non-hydrogen) atoms. The van der Waals surface area contributed by atoms with Crippen molar-refractivity contribution >= 4 is 5.82 Å². The van der Waals surface area contributed by atoms with Gasteiger partial charge in [-0.25, -0.2) is 4.98 Å². The van der Waals surface area contributed by atoms with Gasteiger partial charge in [0, 0.05) is 24.8 Å².